The fourth-order valence-corrected chi connectivity index (χ4v) is 4.29. The van der Waals surface area contributed by atoms with Crippen molar-refractivity contribution in [3.63, 3.8) is 0 Å². The monoisotopic (exact) mass is 451 g/mol. The molecule has 0 spiro atoms. The number of nitrogens with one attached hydrogen (secondary N) is 3. The number of halogens is 1. The predicted octanol–water partition coefficient (Wildman–Crippen LogP) is 2.20. The molecule has 3 N–H and O–H groups in total. The van der Waals surface area contributed by atoms with Crippen molar-refractivity contribution < 1.29 is 23.6 Å². The van der Waals surface area contributed by atoms with Crippen LogP contribution in [0, 0.1) is 5.82 Å². The first-order valence-corrected chi connectivity index (χ1v) is 10.9. The Kier molecular flexibility index (Phi) is 5.27. The SMILES string of the molecule is O=C1CCC(N2Cc3cc(NC(=O)c4cnc(NC5CCC5)cc4F)ccc3C2=O)C(=O)N1. The maximum atomic E-state index is 14.5. The van der Waals surface area contributed by atoms with Gasteiger partial charge in [-0.05, 0) is 49.4 Å². The van der Waals surface area contributed by atoms with E-state index in [4.69, 9.17) is 0 Å². The van der Waals surface area contributed by atoms with Crippen molar-refractivity contribution >= 4 is 35.1 Å². The van der Waals surface area contributed by atoms with Crippen molar-refractivity contribution in [1.82, 2.24) is 15.2 Å². The van der Waals surface area contributed by atoms with Gasteiger partial charge in [0, 0.05) is 42.5 Å². The van der Waals surface area contributed by atoms with Crippen molar-refractivity contribution in [2.24, 2.45) is 0 Å². The van der Waals surface area contributed by atoms with Crippen LogP contribution < -0.4 is 16.0 Å². The molecule has 170 valence electrons. The van der Waals surface area contributed by atoms with E-state index in [2.05, 4.69) is 20.9 Å². The fourth-order valence-electron chi connectivity index (χ4n) is 4.29. The van der Waals surface area contributed by atoms with Crippen LogP contribution >= 0.6 is 0 Å². The second-order valence-electron chi connectivity index (χ2n) is 8.55. The third-order valence-corrected chi connectivity index (χ3v) is 6.34. The molecule has 0 radical (unpaired) electrons. The number of hydrogen-bond acceptors (Lipinski definition) is 6. The van der Waals surface area contributed by atoms with Crippen molar-refractivity contribution in [3.8, 4) is 0 Å². The summed E-state index contributed by atoms with van der Waals surface area (Å²) >= 11 is 0. The Balaban J connectivity index is 1.28. The van der Waals surface area contributed by atoms with Crippen LogP contribution in [0.25, 0.3) is 0 Å². The first-order valence-electron chi connectivity index (χ1n) is 10.9. The van der Waals surface area contributed by atoms with E-state index in [1.807, 2.05) is 0 Å². The minimum absolute atomic E-state index is 0.173. The van der Waals surface area contributed by atoms with Crippen molar-refractivity contribution in [1.29, 1.82) is 0 Å². The molecule has 2 aliphatic heterocycles. The number of carbonyl (C=O) groups excluding carboxylic acids is 4. The maximum Gasteiger partial charge on any atom is 0.260 e. The van der Waals surface area contributed by atoms with E-state index < -0.39 is 23.7 Å². The van der Waals surface area contributed by atoms with Crippen molar-refractivity contribution in [3.05, 3.63) is 53.0 Å². The number of nitrogens with zero attached hydrogens (tertiary/aromatic N) is 2. The highest BCUT2D eigenvalue weighted by Gasteiger charge is 2.39. The van der Waals surface area contributed by atoms with Gasteiger partial charge in [-0.3, -0.25) is 24.5 Å². The molecule has 3 heterocycles. The third kappa shape index (κ3) is 4.04. The molecule has 1 aromatic carbocycles. The molecule has 2 aromatic rings. The molecule has 1 aromatic heterocycles. The van der Waals surface area contributed by atoms with E-state index in [1.54, 1.807) is 18.2 Å². The lowest BCUT2D eigenvalue weighted by molar-refractivity contribution is -0.136. The standard InChI is InChI=1S/C23H22FN5O4/c24-17-9-19(26-13-2-1-3-13)25-10-16(17)21(31)27-14-4-5-15-12(8-14)11-29(23(15)33)18-6-7-20(30)28-22(18)32/h4-5,8-10,13,18H,1-3,6-7,11H2,(H,25,26)(H,27,31)(H,28,30,32). The Morgan fingerprint density at radius 3 is 2.67 bits per heavy atom. The molecule has 9 nitrogen and oxygen atoms in total. The maximum absolute atomic E-state index is 14.5. The summed E-state index contributed by atoms with van der Waals surface area (Å²) in [6, 6.07) is 5.56. The Bertz CT molecular complexity index is 1180. The summed E-state index contributed by atoms with van der Waals surface area (Å²) in [4.78, 5) is 54.5. The van der Waals surface area contributed by atoms with Gasteiger partial charge >= 0.3 is 0 Å². The highest BCUT2D eigenvalue weighted by molar-refractivity contribution is 6.07. The van der Waals surface area contributed by atoms with Gasteiger partial charge in [-0.25, -0.2) is 9.37 Å². The molecule has 1 atom stereocenters. The van der Waals surface area contributed by atoms with Gasteiger partial charge in [-0.15, -0.1) is 0 Å². The molecule has 1 unspecified atom stereocenters. The summed E-state index contributed by atoms with van der Waals surface area (Å²) in [5.41, 5.74) is 1.28. The second kappa shape index (κ2) is 8.27. The van der Waals surface area contributed by atoms with E-state index in [0.29, 0.717) is 28.7 Å². The number of anilines is 2. The van der Waals surface area contributed by atoms with Gasteiger partial charge in [0.2, 0.25) is 11.8 Å². The number of fused-ring (bicyclic) bond motifs is 1. The van der Waals surface area contributed by atoms with Crippen molar-refractivity contribution in [2.45, 2.75) is 50.7 Å². The molecular weight excluding hydrogens is 429 g/mol. The Morgan fingerprint density at radius 2 is 1.97 bits per heavy atom. The van der Waals surface area contributed by atoms with Crippen molar-refractivity contribution in [2.75, 3.05) is 10.6 Å². The fraction of sp³-hybridized carbons (Fsp3) is 0.348. The van der Waals surface area contributed by atoms with Gasteiger partial charge in [0.05, 0.1) is 5.56 Å². The molecule has 3 aliphatic rings. The number of amides is 4. The number of imide groups is 1. The lowest BCUT2D eigenvalue weighted by Crippen LogP contribution is -2.52. The summed E-state index contributed by atoms with van der Waals surface area (Å²) in [6.07, 6.45) is 4.82. The van der Waals surface area contributed by atoms with Crippen LogP contribution in [-0.2, 0) is 16.1 Å². The minimum atomic E-state index is -0.715. The van der Waals surface area contributed by atoms with Gasteiger partial charge in [0.15, 0.2) is 0 Å². The summed E-state index contributed by atoms with van der Waals surface area (Å²) in [6.45, 7) is 0.182. The zero-order valence-corrected chi connectivity index (χ0v) is 17.7. The first-order chi connectivity index (χ1) is 15.9. The van der Waals surface area contributed by atoms with E-state index in [1.165, 1.54) is 17.2 Å². The average Bonchev–Trinajstić information content (AvgIpc) is 3.06. The number of hydrogen-bond donors (Lipinski definition) is 3. The van der Waals surface area contributed by atoms with Crippen LogP contribution in [0.2, 0.25) is 0 Å². The summed E-state index contributed by atoms with van der Waals surface area (Å²) in [7, 11) is 0. The first kappa shape index (κ1) is 21.0. The smallest absolute Gasteiger partial charge is 0.260 e. The predicted molar refractivity (Wildman–Crippen MR) is 116 cm³/mol. The molecule has 1 aliphatic carbocycles. The molecule has 1 saturated carbocycles. The highest BCUT2D eigenvalue weighted by Crippen LogP contribution is 2.30. The van der Waals surface area contributed by atoms with Gasteiger partial charge in [-0.1, -0.05) is 0 Å². The topological polar surface area (TPSA) is 120 Å². The van der Waals surface area contributed by atoms with E-state index in [0.717, 1.165) is 19.3 Å². The molecular formula is C23H22FN5O4. The van der Waals surface area contributed by atoms with E-state index in [9.17, 15) is 23.6 Å². The normalized spacial score (nSPS) is 20.2. The van der Waals surface area contributed by atoms with Crippen LogP contribution in [-0.4, -0.2) is 45.6 Å². The van der Waals surface area contributed by atoms with E-state index >= 15 is 0 Å². The number of rotatable bonds is 5. The Morgan fingerprint density at radius 1 is 1.15 bits per heavy atom. The Hall–Kier alpha value is -3.82. The van der Waals surface area contributed by atoms with Crippen LogP contribution in [0.4, 0.5) is 15.9 Å². The molecule has 0 bridgehead atoms. The number of piperidine rings is 1. The van der Waals surface area contributed by atoms with Gasteiger partial charge in [0.25, 0.3) is 11.8 Å². The molecule has 4 amide bonds. The van der Waals surface area contributed by atoms with Gasteiger partial charge < -0.3 is 15.5 Å². The molecule has 2 fully saturated rings. The lowest BCUT2D eigenvalue weighted by Gasteiger charge is -2.29. The summed E-state index contributed by atoms with van der Waals surface area (Å²) in [5.74, 6) is -2.06. The van der Waals surface area contributed by atoms with Crippen LogP contribution in [0.5, 0.6) is 0 Å². The molecule has 5 rings (SSSR count). The number of benzene rings is 1. The van der Waals surface area contributed by atoms with Crippen LogP contribution in [0.1, 0.15) is 58.4 Å². The van der Waals surface area contributed by atoms with Crippen LogP contribution in [0.15, 0.2) is 30.5 Å². The molecule has 1 saturated heterocycles. The van der Waals surface area contributed by atoms with Crippen LogP contribution in [0.3, 0.4) is 0 Å². The zero-order valence-electron chi connectivity index (χ0n) is 17.7. The third-order valence-electron chi connectivity index (χ3n) is 6.34. The van der Waals surface area contributed by atoms with E-state index in [-0.39, 0.29) is 36.8 Å². The summed E-state index contributed by atoms with van der Waals surface area (Å²) < 4.78 is 14.5. The largest absolute Gasteiger partial charge is 0.367 e. The highest BCUT2D eigenvalue weighted by atomic mass is 19.1. The minimum Gasteiger partial charge on any atom is -0.367 e. The number of pyridine rings is 1. The van der Waals surface area contributed by atoms with Gasteiger partial charge in [0.1, 0.15) is 17.7 Å². The average molecular weight is 451 g/mol. The quantitative estimate of drug-likeness (QED) is 0.600. The Labute approximate surface area is 188 Å². The number of aromatic nitrogens is 1. The lowest BCUT2D eigenvalue weighted by atomic mass is 9.93. The number of carbonyl (C=O) groups is 4. The molecule has 33 heavy (non-hydrogen) atoms. The van der Waals surface area contributed by atoms with Gasteiger partial charge in [-0.2, -0.15) is 0 Å². The summed E-state index contributed by atoms with van der Waals surface area (Å²) in [5, 5.41) is 8.04. The molecule has 10 heteroatoms. The second-order valence-corrected chi connectivity index (χ2v) is 8.55. The zero-order chi connectivity index (χ0) is 23.1.